The van der Waals surface area contributed by atoms with Gasteiger partial charge in [-0.2, -0.15) is 0 Å². The third-order valence-electron chi connectivity index (χ3n) is 6.67. The second-order valence-corrected chi connectivity index (χ2v) is 8.92. The second-order valence-electron chi connectivity index (χ2n) is 8.92. The maximum atomic E-state index is 6.53. The molecule has 1 heterocycles. The van der Waals surface area contributed by atoms with Crippen LogP contribution in [0, 0.1) is 23.2 Å². The molecule has 0 aromatic carbocycles. The Labute approximate surface area is 132 Å². The first-order chi connectivity index (χ1) is 9.59. The first-order valence-corrected chi connectivity index (χ1v) is 8.92. The Morgan fingerprint density at radius 2 is 1.76 bits per heavy atom. The molecule has 0 aromatic heterocycles. The van der Waals surface area contributed by atoms with Crippen molar-refractivity contribution < 1.29 is 4.74 Å². The Morgan fingerprint density at radius 1 is 1.14 bits per heavy atom. The monoisotopic (exact) mass is 292 g/mol. The summed E-state index contributed by atoms with van der Waals surface area (Å²) in [6.45, 7) is 18.9. The zero-order chi connectivity index (χ0) is 16.1. The van der Waals surface area contributed by atoms with Crippen molar-refractivity contribution in [3.63, 3.8) is 0 Å². The zero-order valence-corrected chi connectivity index (χ0v) is 15.5. The van der Waals surface area contributed by atoms with Gasteiger partial charge in [-0.05, 0) is 69.6 Å². The summed E-state index contributed by atoms with van der Waals surface area (Å²) in [5, 5.41) is 0. The van der Waals surface area contributed by atoms with Gasteiger partial charge >= 0.3 is 0 Å². The predicted molar refractivity (Wildman–Crippen MR) is 91.4 cm³/mol. The van der Waals surface area contributed by atoms with Gasteiger partial charge in [0, 0.05) is 0 Å². The molecular formula is C20H36O. The number of allylic oxidation sites excluding steroid dienone is 2. The van der Waals surface area contributed by atoms with Gasteiger partial charge in [-0.25, -0.2) is 0 Å². The van der Waals surface area contributed by atoms with Crippen LogP contribution in [0.2, 0.25) is 0 Å². The van der Waals surface area contributed by atoms with E-state index in [2.05, 4.69) is 61.5 Å². The maximum absolute atomic E-state index is 6.53. The molecule has 0 N–H and O–H groups in total. The summed E-state index contributed by atoms with van der Waals surface area (Å²) in [7, 11) is 0. The summed E-state index contributed by atoms with van der Waals surface area (Å²) in [5.74, 6) is 2.13. The van der Waals surface area contributed by atoms with Gasteiger partial charge in [-0.15, -0.1) is 0 Å². The molecule has 0 amide bonds. The summed E-state index contributed by atoms with van der Waals surface area (Å²) in [4.78, 5) is 0. The molecule has 1 unspecified atom stereocenters. The molecule has 4 atom stereocenters. The molecule has 2 rings (SSSR count). The van der Waals surface area contributed by atoms with E-state index in [9.17, 15) is 0 Å². The highest BCUT2D eigenvalue weighted by molar-refractivity contribution is 5.24. The van der Waals surface area contributed by atoms with Crippen LogP contribution in [0.4, 0.5) is 0 Å². The van der Waals surface area contributed by atoms with Gasteiger partial charge < -0.3 is 4.74 Å². The summed E-state index contributed by atoms with van der Waals surface area (Å²) in [6, 6.07) is 0. The average molecular weight is 293 g/mol. The van der Waals surface area contributed by atoms with Crippen LogP contribution in [0.3, 0.4) is 0 Å². The first-order valence-electron chi connectivity index (χ1n) is 8.92. The molecule has 1 saturated carbocycles. The van der Waals surface area contributed by atoms with Gasteiger partial charge in [0.15, 0.2) is 0 Å². The molecule has 2 fully saturated rings. The lowest BCUT2D eigenvalue weighted by atomic mass is 9.63. The maximum Gasteiger partial charge on any atom is 0.101 e. The normalized spacial score (nSPS) is 42.1. The molecule has 1 aliphatic heterocycles. The van der Waals surface area contributed by atoms with Gasteiger partial charge in [-0.3, -0.25) is 0 Å². The van der Waals surface area contributed by atoms with E-state index in [1.54, 1.807) is 0 Å². The zero-order valence-electron chi connectivity index (χ0n) is 15.5. The highest BCUT2D eigenvalue weighted by Gasteiger charge is 2.75. The number of ether oxygens (including phenoxy) is 1. The Kier molecular flexibility index (Phi) is 4.39. The molecular weight excluding hydrogens is 256 g/mol. The van der Waals surface area contributed by atoms with Crippen molar-refractivity contribution in [2.24, 2.45) is 23.2 Å². The first kappa shape index (κ1) is 17.1. The Balaban J connectivity index is 2.19. The van der Waals surface area contributed by atoms with Crippen molar-refractivity contribution in [3.05, 3.63) is 11.6 Å². The minimum atomic E-state index is 0.112. The minimum absolute atomic E-state index is 0.112. The number of rotatable bonds is 5. The molecule has 0 aromatic rings. The van der Waals surface area contributed by atoms with Crippen LogP contribution in [-0.2, 0) is 4.74 Å². The highest BCUT2D eigenvalue weighted by atomic mass is 16.6. The number of epoxide rings is 1. The van der Waals surface area contributed by atoms with Crippen LogP contribution < -0.4 is 0 Å². The smallest absolute Gasteiger partial charge is 0.101 e. The average Bonchev–Trinajstić information content (AvgIpc) is 2.75. The van der Waals surface area contributed by atoms with Crippen LogP contribution in [0.25, 0.3) is 0 Å². The highest BCUT2D eigenvalue weighted by Crippen LogP contribution is 2.70. The van der Waals surface area contributed by atoms with Crippen molar-refractivity contribution in [1.82, 2.24) is 0 Å². The van der Waals surface area contributed by atoms with Gasteiger partial charge in [0.2, 0.25) is 0 Å². The predicted octanol–water partition coefficient (Wildman–Crippen LogP) is 5.99. The molecule has 1 heteroatoms. The number of hydrogen-bond donors (Lipinski definition) is 0. The standard InChI is InChI=1S/C20H36O/c1-14(2)10-9-11-19(8)20(21-19)13-12-18(7,16(5)6)17(20)15(3)4/h10,15-17H,9,11-13H2,1-8H3/t17-,18-,19?,20-/m1/s1. The van der Waals surface area contributed by atoms with Crippen molar-refractivity contribution >= 4 is 0 Å². The molecule has 122 valence electrons. The van der Waals surface area contributed by atoms with E-state index >= 15 is 0 Å². The molecule has 1 aliphatic carbocycles. The van der Waals surface area contributed by atoms with Crippen molar-refractivity contribution in [2.45, 2.75) is 92.3 Å². The molecule has 1 saturated heterocycles. The lowest BCUT2D eigenvalue weighted by Crippen LogP contribution is -2.40. The topological polar surface area (TPSA) is 12.5 Å². The summed E-state index contributed by atoms with van der Waals surface area (Å²) < 4.78 is 6.53. The van der Waals surface area contributed by atoms with E-state index in [0.29, 0.717) is 17.3 Å². The fraction of sp³-hybridized carbons (Fsp3) is 0.900. The second kappa shape index (κ2) is 5.41. The fourth-order valence-electron chi connectivity index (χ4n) is 5.23. The number of hydrogen-bond acceptors (Lipinski definition) is 1. The van der Waals surface area contributed by atoms with Crippen molar-refractivity contribution in [1.29, 1.82) is 0 Å². The van der Waals surface area contributed by atoms with Crippen LogP contribution in [-0.4, -0.2) is 11.2 Å². The summed E-state index contributed by atoms with van der Waals surface area (Å²) in [6.07, 6.45) is 7.28. The SMILES string of the molecule is CC(C)=CCCC1(C)O[C@@]12CC[C@](C)(C(C)C)[C@H]2C(C)C. The fourth-order valence-corrected chi connectivity index (χ4v) is 5.23. The molecule has 1 nitrogen and oxygen atoms in total. The lowest BCUT2D eigenvalue weighted by molar-refractivity contribution is 0.0673. The minimum Gasteiger partial charge on any atom is -0.362 e. The lowest BCUT2D eigenvalue weighted by Gasteiger charge is -2.40. The van der Waals surface area contributed by atoms with Crippen molar-refractivity contribution in [2.75, 3.05) is 0 Å². The Morgan fingerprint density at radius 3 is 2.24 bits per heavy atom. The molecule has 2 aliphatic rings. The van der Waals surface area contributed by atoms with Gasteiger partial charge in [0.1, 0.15) is 5.60 Å². The van der Waals surface area contributed by atoms with E-state index in [1.807, 2.05) is 0 Å². The van der Waals surface area contributed by atoms with E-state index in [4.69, 9.17) is 4.74 Å². The Hall–Kier alpha value is -0.300. The molecule has 21 heavy (non-hydrogen) atoms. The van der Waals surface area contributed by atoms with E-state index in [0.717, 1.165) is 12.3 Å². The summed E-state index contributed by atoms with van der Waals surface area (Å²) >= 11 is 0. The Bertz CT molecular complexity index is 418. The van der Waals surface area contributed by atoms with Crippen LogP contribution in [0.5, 0.6) is 0 Å². The van der Waals surface area contributed by atoms with Gasteiger partial charge in [-0.1, -0.05) is 46.3 Å². The van der Waals surface area contributed by atoms with E-state index < -0.39 is 0 Å². The molecule has 1 spiro atoms. The third kappa shape index (κ3) is 2.60. The van der Waals surface area contributed by atoms with Crippen molar-refractivity contribution in [3.8, 4) is 0 Å². The third-order valence-corrected chi connectivity index (χ3v) is 6.67. The van der Waals surface area contributed by atoms with Crippen LogP contribution in [0.15, 0.2) is 11.6 Å². The van der Waals surface area contributed by atoms with Gasteiger partial charge in [0.25, 0.3) is 0 Å². The molecule has 0 bridgehead atoms. The largest absolute Gasteiger partial charge is 0.362 e. The van der Waals surface area contributed by atoms with E-state index in [1.165, 1.54) is 24.8 Å². The van der Waals surface area contributed by atoms with Gasteiger partial charge in [0.05, 0.1) is 5.60 Å². The molecule has 0 radical (unpaired) electrons. The van der Waals surface area contributed by atoms with E-state index in [-0.39, 0.29) is 11.2 Å². The van der Waals surface area contributed by atoms with Crippen LogP contribution in [0.1, 0.15) is 81.1 Å². The van der Waals surface area contributed by atoms with Crippen LogP contribution >= 0.6 is 0 Å². The quantitative estimate of drug-likeness (QED) is 0.448. The summed E-state index contributed by atoms with van der Waals surface area (Å²) in [5.41, 5.74) is 2.13.